The third-order valence-electron chi connectivity index (χ3n) is 7.88. The predicted molar refractivity (Wildman–Crippen MR) is 134 cm³/mol. The van der Waals surface area contributed by atoms with Crippen LogP contribution in [0, 0.1) is 23.2 Å². The Bertz CT molecular complexity index is 953. The average molecular weight is 565 g/mol. The van der Waals surface area contributed by atoms with Crippen LogP contribution in [0.25, 0.3) is 0 Å². The molecular weight excluding hydrogens is 526 g/mol. The Labute approximate surface area is 226 Å². The van der Waals surface area contributed by atoms with E-state index in [1.165, 1.54) is 11.8 Å². The van der Waals surface area contributed by atoms with E-state index in [0.29, 0.717) is 13.0 Å². The zero-order valence-electron chi connectivity index (χ0n) is 22.6. The van der Waals surface area contributed by atoms with Gasteiger partial charge in [-0.25, -0.2) is 0 Å². The normalized spacial score (nSPS) is 28.7. The summed E-state index contributed by atoms with van der Waals surface area (Å²) in [6.45, 7) is 10.9. The lowest BCUT2D eigenvalue weighted by atomic mass is 9.96. The molecule has 4 amide bonds. The third kappa shape index (κ3) is 6.56. The van der Waals surface area contributed by atoms with Crippen LogP contribution in [0.4, 0.5) is 8.78 Å². The van der Waals surface area contributed by atoms with Crippen LogP contribution in [0.15, 0.2) is 0 Å². The molecule has 0 radical (unpaired) electrons. The molecule has 1 aliphatic carbocycles. The van der Waals surface area contributed by atoms with Gasteiger partial charge in [0.25, 0.3) is 0 Å². The number of nitrogens with zero attached hydrogens (tertiary/aromatic N) is 1. The Hall–Kier alpha value is -2.05. The lowest BCUT2D eigenvalue weighted by molar-refractivity contribution is -0.153. The van der Waals surface area contributed by atoms with Crippen molar-refractivity contribution in [3.8, 4) is 0 Å². The number of carbonyl (C=O) groups excluding carboxylic acids is 4. The Kier molecular flexibility index (Phi) is 8.70. The van der Waals surface area contributed by atoms with Crippen molar-refractivity contribution in [3.63, 3.8) is 0 Å². The molecule has 4 N–H and O–H groups in total. The largest absolute Gasteiger partial charge is 0.399 e. The number of amides is 4. The molecule has 0 spiro atoms. The minimum absolute atomic E-state index is 0.0138. The molecule has 3 rings (SSSR count). The first-order valence-corrected chi connectivity index (χ1v) is 13.3. The van der Waals surface area contributed by atoms with Gasteiger partial charge in [-0.3, -0.25) is 19.2 Å². The van der Waals surface area contributed by atoms with Crippen molar-refractivity contribution in [2.45, 2.75) is 89.6 Å². The van der Waals surface area contributed by atoms with Gasteiger partial charge in [0.2, 0.25) is 17.7 Å². The van der Waals surface area contributed by atoms with Gasteiger partial charge >= 0.3 is 11.3 Å². The van der Waals surface area contributed by atoms with E-state index in [2.05, 4.69) is 10.6 Å². The van der Waals surface area contributed by atoms with Crippen LogP contribution < -0.4 is 16.0 Å². The Morgan fingerprint density at radius 1 is 1.26 bits per heavy atom. The van der Waals surface area contributed by atoms with Crippen molar-refractivity contribution in [1.29, 1.82) is 0 Å². The molecular formula is C25H39ClF2N4O6. The first kappa shape index (κ1) is 30.5. The van der Waals surface area contributed by atoms with E-state index in [9.17, 15) is 33.1 Å². The number of alkyl halides is 3. The van der Waals surface area contributed by atoms with Crippen molar-refractivity contribution >= 4 is 35.2 Å². The molecule has 0 unspecified atom stereocenters. The van der Waals surface area contributed by atoms with Crippen LogP contribution in [-0.4, -0.2) is 88.5 Å². The molecule has 2 heterocycles. The topological polar surface area (TPSA) is 137 Å². The number of nitrogens with one attached hydrogen (secondary N) is 3. The smallest absolute Gasteiger partial charge is 0.394 e. The van der Waals surface area contributed by atoms with E-state index in [4.69, 9.17) is 16.3 Å². The zero-order chi connectivity index (χ0) is 28.8. The fraction of sp³-hybridized carbons (Fsp3) is 0.840. The average Bonchev–Trinajstić information content (AvgIpc) is 3.14. The summed E-state index contributed by atoms with van der Waals surface area (Å²) in [7, 11) is 0. The van der Waals surface area contributed by atoms with Gasteiger partial charge in [0, 0.05) is 19.0 Å². The number of halogens is 3. The van der Waals surface area contributed by atoms with E-state index in [0.717, 1.165) is 0 Å². The molecule has 3 fully saturated rings. The third-order valence-corrected chi connectivity index (χ3v) is 8.05. The quantitative estimate of drug-likeness (QED) is 0.292. The summed E-state index contributed by atoms with van der Waals surface area (Å²) in [6.07, 6.45) is -0.188. The lowest BCUT2D eigenvalue weighted by Crippen LogP contribution is -2.61. The van der Waals surface area contributed by atoms with Crippen LogP contribution >= 0.6 is 11.6 Å². The molecule has 0 aromatic carbocycles. The fourth-order valence-electron chi connectivity index (χ4n) is 5.90. The number of hydrogen-bond donors (Lipinski definition) is 4. The molecule has 3 aliphatic rings. The Balaban J connectivity index is 1.83. The molecule has 0 bridgehead atoms. The molecule has 2 aliphatic heterocycles. The van der Waals surface area contributed by atoms with Gasteiger partial charge in [-0.15, -0.1) is 0 Å². The Morgan fingerprint density at radius 2 is 1.89 bits per heavy atom. The Morgan fingerprint density at radius 3 is 2.39 bits per heavy atom. The van der Waals surface area contributed by atoms with E-state index in [1.54, 1.807) is 20.8 Å². The standard InChI is InChI=1S/C25H39ClF2N4O6/c1-12(38-23(2,3)4)17(31-22(37)25(26,27)28)21(36)32-10-15-16(24(15,5)6)18(32)20(35)30-14(11-33)9-13-7-8-29-19(13)34/h12-18,33H,7-11H2,1-6H3,(H,29,34)(H,30,35)(H,31,37)/t12-,13+,14+,15+,16+,17+,18+/m1/s1. The van der Waals surface area contributed by atoms with E-state index < -0.39 is 59.5 Å². The summed E-state index contributed by atoms with van der Waals surface area (Å²) < 4.78 is 32.9. The van der Waals surface area contributed by atoms with Crippen molar-refractivity contribution in [3.05, 3.63) is 0 Å². The van der Waals surface area contributed by atoms with Gasteiger partial charge in [0.1, 0.15) is 12.1 Å². The highest BCUT2D eigenvalue weighted by Gasteiger charge is 2.69. The number of carbonyl (C=O) groups is 4. The van der Waals surface area contributed by atoms with Gasteiger partial charge < -0.3 is 30.7 Å². The summed E-state index contributed by atoms with van der Waals surface area (Å²) in [6, 6.07) is -3.19. The molecule has 10 nitrogen and oxygen atoms in total. The second kappa shape index (κ2) is 10.8. The molecule has 216 valence electrons. The maximum atomic E-state index is 13.8. The van der Waals surface area contributed by atoms with E-state index in [1.807, 2.05) is 19.2 Å². The van der Waals surface area contributed by atoms with Crippen LogP contribution in [0.2, 0.25) is 0 Å². The number of aliphatic hydroxyl groups excluding tert-OH is 1. The lowest BCUT2D eigenvalue weighted by Gasteiger charge is -2.37. The van der Waals surface area contributed by atoms with Crippen LogP contribution in [0.3, 0.4) is 0 Å². The second-order valence-corrected chi connectivity index (χ2v) is 12.6. The number of hydrogen-bond acceptors (Lipinski definition) is 6. The zero-order valence-corrected chi connectivity index (χ0v) is 23.4. The summed E-state index contributed by atoms with van der Waals surface area (Å²) in [4.78, 5) is 52.7. The monoisotopic (exact) mass is 564 g/mol. The molecule has 13 heteroatoms. The summed E-state index contributed by atoms with van der Waals surface area (Å²) >= 11 is 4.90. The van der Waals surface area contributed by atoms with Gasteiger partial charge in [0.05, 0.1) is 24.4 Å². The maximum Gasteiger partial charge on any atom is 0.399 e. The van der Waals surface area contributed by atoms with Crippen molar-refractivity contribution in [2.75, 3.05) is 19.7 Å². The van der Waals surface area contributed by atoms with Crippen molar-refractivity contribution in [1.82, 2.24) is 20.9 Å². The summed E-state index contributed by atoms with van der Waals surface area (Å²) in [5, 5.41) is 13.2. The molecule has 38 heavy (non-hydrogen) atoms. The minimum Gasteiger partial charge on any atom is -0.394 e. The number of piperidine rings is 1. The predicted octanol–water partition coefficient (Wildman–Crippen LogP) is 0.993. The number of likely N-dealkylation sites (tertiary alicyclic amines) is 1. The molecule has 0 aromatic rings. The van der Waals surface area contributed by atoms with Crippen molar-refractivity contribution < 1.29 is 37.8 Å². The first-order chi connectivity index (χ1) is 17.4. The molecule has 1 saturated carbocycles. The molecule has 0 aromatic heterocycles. The van der Waals surface area contributed by atoms with Crippen LogP contribution in [-0.2, 0) is 23.9 Å². The van der Waals surface area contributed by atoms with E-state index in [-0.39, 0.29) is 42.0 Å². The van der Waals surface area contributed by atoms with Gasteiger partial charge in [-0.05, 0) is 69.4 Å². The second-order valence-electron chi connectivity index (χ2n) is 12.2. The highest BCUT2D eigenvalue weighted by atomic mass is 35.5. The number of aliphatic hydroxyl groups is 1. The van der Waals surface area contributed by atoms with Gasteiger partial charge in [0.15, 0.2) is 0 Å². The van der Waals surface area contributed by atoms with Gasteiger partial charge in [-0.2, -0.15) is 8.78 Å². The summed E-state index contributed by atoms with van der Waals surface area (Å²) in [5.74, 6) is -3.79. The maximum absolute atomic E-state index is 13.8. The highest BCUT2D eigenvalue weighted by molar-refractivity contribution is 6.32. The van der Waals surface area contributed by atoms with Crippen LogP contribution in [0.1, 0.15) is 54.4 Å². The summed E-state index contributed by atoms with van der Waals surface area (Å²) in [5.41, 5.74) is -1.01. The number of ether oxygens (including phenoxy) is 1. The van der Waals surface area contributed by atoms with E-state index >= 15 is 0 Å². The van der Waals surface area contributed by atoms with Crippen LogP contribution in [0.5, 0.6) is 0 Å². The molecule has 2 saturated heterocycles. The SMILES string of the molecule is C[C@@H](OC(C)(C)C)[C@H](NC(=O)C(F)(F)Cl)C(=O)N1C[C@H]2[C@@H]([C@H]1C(=O)N[C@H](CO)C[C@@H]1CCNC1=O)C2(C)C. The van der Waals surface area contributed by atoms with Crippen molar-refractivity contribution in [2.24, 2.45) is 23.2 Å². The van der Waals surface area contributed by atoms with Gasteiger partial charge in [-0.1, -0.05) is 13.8 Å². The highest BCUT2D eigenvalue weighted by Crippen LogP contribution is 2.65. The fourth-order valence-corrected chi connectivity index (χ4v) is 5.95. The number of fused-ring (bicyclic) bond motifs is 1. The number of rotatable bonds is 10. The first-order valence-electron chi connectivity index (χ1n) is 12.9. The molecule has 7 atom stereocenters. The minimum atomic E-state index is -4.24.